The molecular weight excluding hydrogens is 382 g/mol. The van der Waals surface area contributed by atoms with Crippen molar-refractivity contribution in [1.82, 2.24) is 5.43 Å². The SMILES string of the molecule is C[C@H](Oc1ccc(/C=C2/C(=O)NN(c3ccccc3)C2=O)cc1[N+](=O)[O-])C(=O)O. The topological polar surface area (TPSA) is 139 Å². The number of aliphatic carboxylic acids is 1. The lowest BCUT2D eigenvalue weighted by Gasteiger charge is -2.13. The summed E-state index contributed by atoms with van der Waals surface area (Å²) in [4.78, 5) is 46.3. The van der Waals surface area contributed by atoms with Gasteiger partial charge in [0.25, 0.3) is 11.8 Å². The van der Waals surface area contributed by atoms with E-state index in [1.54, 1.807) is 30.3 Å². The summed E-state index contributed by atoms with van der Waals surface area (Å²) in [5, 5.41) is 21.3. The lowest BCUT2D eigenvalue weighted by Crippen LogP contribution is -2.35. The van der Waals surface area contributed by atoms with Gasteiger partial charge < -0.3 is 9.84 Å². The van der Waals surface area contributed by atoms with Crippen LogP contribution in [0.4, 0.5) is 11.4 Å². The quantitative estimate of drug-likeness (QED) is 0.328. The molecule has 2 N–H and O–H groups in total. The highest BCUT2D eigenvalue weighted by molar-refractivity contribution is 6.31. The minimum atomic E-state index is -1.29. The number of nitrogens with one attached hydrogen (secondary N) is 1. The maximum Gasteiger partial charge on any atom is 0.344 e. The number of carboxylic acids is 1. The fourth-order valence-corrected chi connectivity index (χ4v) is 2.59. The van der Waals surface area contributed by atoms with Crippen LogP contribution < -0.4 is 15.2 Å². The van der Waals surface area contributed by atoms with Crippen molar-refractivity contribution in [2.75, 3.05) is 5.01 Å². The summed E-state index contributed by atoms with van der Waals surface area (Å²) in [5.74, 6) is -2.77. The van der Waals surface area contributed by atoms with Gasteiger partial charge in [-0.1, -0.05) is 24.3 Å². The molecule has 0 radical (unpaired) electrons. The van der Waals surface area contributed by atoms with Crippen LogP contribution in [0.2, 0.25) is 0 Å². The van der Waals surface area contributed by atoms with E-state index in [4.69, 9.17) is 9.84 Å². The second-order valence-corrected chi connectivity index (χ2v) is 6.06. The van der Waals surface area contributed by atoms with Crippen molar-refractivity contribution in [1.29, 1.82) is 0 Å². The molecule has 0 unspecified atom stereocenters. The van der Waals surface area contributed by atoms with Gasteiger partial charge in [0.05, 0.1) is 10.6 Å². The van der Waals surface area contributed by atoms with E-state index in [1.807, 2.05) is 0 Å². The smallest absolute Gasteiger partial charge is 0.344 e. The van der Waals surface area contributed by atoms with Crippen LogP contribution in [0.15, 0.2) is 54.1 Å². The van der Waals surface area contributed by atoms with Crippen molar-refractivity contribution in [2.24, 2.45) is 0 Å². The fraction of sp³-hybridized carbons (Fsp3) is 0.105. The average molecular weight is 397 g/mol. The minimum Gasteiger partial charge on any atom is -0.479 e. The summed E-state index contributed by atoms with van der Waals surface area (Å²) >= 11 is 0. The molecule has 1 saturated heterocycles. The third-order valence-corrected chi connectivity index (χ3v) is 4.05. The van der Waals surface area contributed by atoms with Crippen LogP contribution in [0.25, 0.3) is 6.08 Å². The average Bonchev–Trinajstić information content (AvgIpc) is 2.97. The van der Waals surface area contributed by atoms with E-state index in [-0.39, 0.29) is 16.9 Å². The predicted octanol–water partition coefficient (Wildman–Crippen LogP) is 1.91. The van der Waals surface area contributed by atoms with Gasteiger partial charge in [-0.25, -0.2) is 9.80 Å². The molecule has 0 aromatic heterocycles. The Morgan fingerprint density at radius 3 is 2.55 bits per heavy atom. The van der Waals surface area contributed by atoms with Crippen LogP contribution in [0.5, 0.6) is 5.75 Å². The van der Waals surface area contributed by atoms with E-state index < -0.39 is 34.5 Å². The molecule has 2 aromatic carbocycles. The third kappa shape index (κ3) is 4.05. The van der Waals surface area contributed by atoms with E-state index in [2.05, 4.69) is 5.43 Å². The maximum atomic E-state index is 12.6. The molecule has 0 spiro atoms. The molecule has 1 heterocycles. The summed E-state index contributed by atoms with van der Waals surface area (Å²) in [6.07, 6.45) is -0.0719. The van der Waals surface area contributed by atoms with Gasteiger partial charge in [0.2, 0.25) is 0 Å². The fourth-order valence-electron chi connectivity index (χ4n) is 2.59. The van der Waals surface area contributed by atoms with Gasteiger partial charge in [-0.15, -0.1) is 0 Å². The number of amides is 2. The highest BCUT2D eigenvalue weighted by atomic mass is 16.6. The molecule has 1 aliphatic heterocycles. The largest absolute Gasteiger partial charge is 0.479 e. The molecule has 29 heavy (non-hydrogen) atoms. The molecule has 0 saturated carbocycles. The molecule has 148 valence electrons. The standard InChI is InChI=1S/C19H15N3O7/c1-11(19(25)26)29-16-8-7-12(10-15(16)22(27)28)9-14-17(23)20-21(18(14)24)13-5-3-2-4-6-13/h2-11H,1H3,(H,20,23)(H,25,26)/b14-9-/t11-/m0/s1. The molecule has 1 aliphatic rings. The molecule has 10 heteroatoms. The van der Waals surface area contributed by atoms with E-state index in [9.17, 15) is 24.5 Å². The van der Waals surface area contributed by atoms with E-state index in [1.165, 1.54) is 25.1 Å². The summed E-state index contributed by atoms with van der Waals surface area (Å²) in [5.41, 5.74) is 2.42. The monoisotopic (exact) mass is 397 g/mol. The number of anilines is 1. The number of para-hydroxylation sites is 1. The number of nitro benzene ring substituents is 1. The van der Waals surface area contributed by atoms with Crippen LogP contribution in [0.1, 0.15) is 12.5 Å². The Balaban J connectivity index is 1.92. The number of hydrogen-bond donors (Lipinski definition) is 2. The van der Waals surface area contributed by atoms with Crippen LogP contribution >= 0.6 is 0 Å². The van der Waals surface area contributed by atoms with Gasteiger partial charge in [-0.05, 0) is 36.8 Å². The van der Waals surface area contributed by atoms with Crippen LogP contribution in [-0.2, 0) is 14.4 Å². The normalized spacial score (nSPS) is 15.9. The number of benzene rings is 2. The van der Waals surface area contributed by atoms with E-state index in [0.717, 1.165) is 11.1 Å². The summed E-state index contributed by atoms with van der Waals surface area (Å²) < 4.78 is 5.09. The molecule has 0 aliphatic carbocycles. The first kappa shape index (κ1) is 19.5. The molecule has 3 rings (SSSR count). The van der Waals surface area contributed by atoms with Gasteiger partial charge in [-0.2, -0.15) is 0 Å². The number of hydrazine groups is 1. The second kappa shape index (κ2) is 7.80. The van der Waals surface area contributed by atoms with Gasteiger partial charge in [0.15, 0.2) is 11.9 Å². The van der Waals surface area contributed by atoms with Gasteiger partial charge in [0, 0.05) is 6.07 Å². The second-order valence-electron chi connectivity index (χ2n) is 6.06. The Labute approximate surface area is 164 Å². The number of carbonyl (C=O) groups excluding carboxylic acids is 2. The summed E-state index contributed by atoms with van der Waals surface area (Å²) in [6, 6.07) is 12.2. The Morgan fingerprint density at radius 2 is 1.93 bits per heavy atom. The molecule has 10 nitrogen and oxygen atoms in total. The lowest BCUT2D eigenvalue weighted by molar-refractivity contribution is -0.386. The zero-order chi connectivity index (χ0) is 21.1. The third-order valence-electron chi connectivity index (χ3n) is 4.05. The van der Waals surface area contributed by atoms with Crippen molar-refractivity contribution in [3.05, 3.63) is 69.8 Å². The number of nitrogens with zero attached hydrogens (tertiary/aromatic N) is 2. The number of hydrogen-bond acceptors (Lipinski definition) is 6. The molecule has 1 fully saturated rings. The molecule has 2 aromatic rings. The number of carboxylic acid groups (broad SMARTS) is 1. The van der Waals surface area contributed by atoms with Gasteiger partial charge in [-0.3, -0.25) is 25.1 Å². The summed E-state index contributed by atoms with van der Waals surface area (Å²) in [6.45, 7) is 1.24. The Morgan fingerprint density at radius 1 is 1.24 bits per heavy atom. The molecule has 2 amide bonds. The zero-order valence-electron chi connectivity index (χ0n) is 15.1. The number of nitro groups is 1. The Bertz CT molecular complexity index is 1030. The van der Waals surface area contributed by atoms with Crippen LogP contribution in [0.3, 0.4) is 0 Å². The highest BCUT2D eigenvalue weighted by Crippen LogP contribution is 2.30. The number of ether oxygens (including phenoxy) is 1. The number of rotatable bonds is 6. The van der Waals surface area contributed by atoms with Crippen molar-refractivity contribution in [3.8, 4) is 5.75 Å². The lowest BCUT2D eigenvalue weighted by atomic mass is 10.1. The van der Waals surface area contributed by atoms with Crippen LogP contribution in [-0.4, -0.2) is 33.9 Å². The van der Waals surface area contributed by atoms with Crippen molar-refractivity contribution in [2.45, 2.75) is 13.0 Å². The first-order valence-electron chi connectivity index (χ1n) is 8.38. The van der Waals surface area contributed by atoms with E-state index >= 15 is 0 Å². The van der Waals surface area contributed by atoms with Crippen molar-refractivity contribution < 1.29 is 29.2 Å². The Hall–Kier alpha value is -4.21. The minimum absolute atomic E-state index is 0.198. The predicted molar refractivity (Wildman–Crippen MR) is 101 cm³/mol. The van der Waals surface area contributed by atoms with Crippen LogP contribution in [0, 0.1) is 10.1 Å². The highest BCUT2D eigenvalue weighted by Gasteiger charge is 2.34. The number of carbonyl (C=O) groups is 3. The first-order chi connectivity index (χ1) is 13.8. The molecule has 1 atom stereocenters. The molecule has 0 bridgehead atoms. The first-order valence-corrected chi connectivity index (χ1v) is 8.38. The van der Waals surface area contributed by atoms with E-state index in [0.29, 0.717) is 5.69 Å². The van der Waals surface area contributed by atoms with Gasteiger partial charge >= 0.3 is 11.7 Å². The molecular formula is C19H15N3O7. The summed E-state index contributed by atoms with van der Waals surface area (Å²) in [7, 11) is 0. The van der Waals surface area contributed by atoms with Crippen molar-refractivity contribution in [3.63, 3.8) is 0 Å². The Kier molecular flexibility index (Phi) is 5.26. The van der Waals surface area contributed by atoms with Crippen molar-refractivity contribution >= 4 is 35.2 Å². The van der Waals surface area contributed by atoms with Gasteiger partial charge in [0.1, 0.15) is 5.57 Å². The maximum absolute atomic E-state index is 12.6. The zero-order valence-corrected chi connectivity index (χ0v) is 15.1.